The van der Waals surface area contributed by atoms with Crippen LogP contribution in [0.1, 0.15) is 11.1 Å². The van der Waals surface area contributed by atoms with Crippen LogP contribution in [0.4, 0.5) is 0 Å². The van der Waals surface area contributed by atoms with E-state index < -0.39 is 10.0 Å². The minimum absolute atomic E-state index is 0.184. The van der Waals surface area contributed by atoms with Gasteiger partial charge in [-0.25, -0.2) is 13.6 Å². The molecule has 6 heteroatoms. The predicted molar refractivity (Wildman–Crippen MR) is 90.1 cm³/mol. The first-order valence-electron chi connectivity index (χ1n) is 7.53. The zero-order valence-electron chi connectivity index (χ0n) is 13.0. The molecule has 0 amide bonds. The average molecular weight is 332 g/mol. The van der Waals surface area contributed by atoms with Gasteiger partial charge in [0.2, 0.25) is 10.0 Å². The Bertz CT molecular complexity index is 814. The highest BCUT2D eigenvalue weighted by molar-refractivity contribution is 7.89. The second-order valence-corrected chi connectivity index (χ2v) is 7.17. The molecule has 2 aromatic carbocycles. The lowest BCUT2D eigenvalue weighted by Gasteiger charge is -2.14. The van der Waals surface area contributed by atoms with E-state index in [0.29, 0.717) is 5.56 Å². The Morgan fingerprint density at radius 2 is 1.65 bits per heavy atom. The summed E-state index contributed by atoms with van der Waals surface area (Å²) in [6, 6.07) is 11.0. The van der Waals surface area contributed by atoms with Gasteiger partial charge in [-0.2, -0.15) is 0 Å². The highest BCUT2D eigenvalue weighted by Crippen LogP contribution is 2.32. The number of methoxy groups -OCH3 is 1. The number of fused-ring (bicyclic) bond motifs is 1. The lowest BCUT2D eigenvalue weighted by Crippen LogP contribution is -2.16. The van der Waals surface area contributed by atoms with Gasteiger partial charge in [-0.1, -0.05) is 12.1 Å². The first-order valence-corrected chi connectivity index (χ1v) is 9.07. The van der Waals surface area contributed by atoms with Crippen LogP contribution in [0, 0.1) is 0 Å². The molecule has 0 fully saturated rings. The lowest BCUT2D eigenvalue weighted by atomic mass is 9.96. The van der Waals surface area contributed by atoms with Crippen molar-refractivity contribution in [1.82, 2.24) is 5.32 Å². The quantitative estimate of drug-likeness (QED) is 0.896. The van der Waals surface area contributed by atoms with Crippen molar-refractivity contribution in [2.24, 2.45) is 5.14 Å². The molecule has 0 spiro atoms. The second-order valence-electron chi connectivity index (χ2n) is 5.64. The number of ether oxygens (including phenoxy) is 1. The molecule has 0 saturated heterocycles. The molecule has 0 bridgehead atoms. The SMILES string of the molecule is COc1ccc(-c2cc3c(cc2S(N)(=O)=O)CCNCC3)cc1. The Kier molecular flexibility index (Phi) is 4.39. The summed E-state index contributed by atoms with van der Waals surface area (Å²) in [5.41, 5.74) is 3.69. The molecule has 0 aromatic heterocycles. The summed E-state index contributed by atoms with van der Waals surface area (Å²) in [4.78, 5) is 0.184. The van der Waals surface area contributed by atoms with E-state index in [2.05, 4.69) is 5.32 Å². The Labute approximate surface area is 136 Å². The number of hydrogen-bond acceptors (Lipinski definition) is 4. The summed E-state index contributed by atoms with van der Waals surface area (Å²) in [6.07, 6.45) is 1.68. The van der Waals surface area contributed by atoms with Crippen molar-refractivity contribution in [2.45, 2.75) is 17.7 Å². The Hall–Kier alpha value is -1.89. The summed E-state index contributed by atoms with van der Waals surface area (Å²) in [5, 5.41) is 8.78. The van der Waals surface area contributed by atoms with Crippen LogP contribution >= 0.6 is 0 Å². The number of sulfonamides is 1. The van der Waals surface area contributed by atoms with Crippen molar-refractivity contribution in [1.29, 1.82) is 0 Å². The van der Waals surface area contributed by atoms with Gasteiger partial charge in [0.1, 0.15) is 5.75 Å². The van der Waals surface area contributed by atoms with Crippen molar-refractivity contribution < 1.29 is 13.2 Å². The van der Waals surface area contributed by atoms with E-state index in [1.807, 2.05) is 30.3 Å². The highest BCUT2D eigenvalue weighted by atomic mass is 32.2. The van der Waals surface area contributed by atoms with Gasteiger partial charge in [0.15, 0.2) is 0 Å². The lowest BCUT2D eigenvalue weighted by molar-refractivity contribution is 0.415. The van der Waals surface area contributed by atoms with Crippen LogP contribution in [0.25, 0.3) is 11.1 Å². The fourth-order valence-electron chi connectivity index (χ4n) is 2.93. The molecule has 23 heavy (non-hydrogen) atoms. The largest absolute Gasteiger partial charge is 0.497 e. The van der Waals surface area contributed by atoms with Crippen LogP contribution in [-0.2, 0) is 22.9 Å². The Balaban J connectivity index is 2.18. The van der Waals surface area contributed by atoms with Gasteiger partial charge in [0.05, 0.1) is 12.0 Å². The number of benzene rings is 2. The average Bonchev–Trinajstić information content (AvgIpc) is 2.77. The summed E-state index contributed by atoms with van der Waals surface area (Å²) in [5.74, 6) is 0.727. The van der Waals surface area contributed by atoms with E-state index in [1.165, 1.54) is 5.56 Å². The van der Waals surface area contributed by atoms with Crippen LogP contribution in [0.5, 0.6) is 5.75 Å². The molecule has 3 rings (SSSR count). The van der Waals surface area contributed by atoms with E-state index in [4.69, 9.17) is 9.88 Å². The Morgan fingerprint density at radius 1 is 1.04 bits per heavy atom. The van der Waals surface area contributed by atoms with Crippen molar-refractivity contribution in [3.63, 3.8) is 0 Å². The predicted octanol–water partition coefficient (Wildman–Crippen LogP) is 1.70. The van der Waals surface area contributed by atoms with Crippen LogP contribution in [0.3, 0.4) is 0 Å². The monoisotopic (exact) mass is 332 g/mol. The van der Waals surface area contributed by atoms with Gasteiger partial charge in [-0.05, 0) is 66.9 Å². The minimum Gasteiger partial charge on any atom is -0.497 e. The maximum atomic E-state index is 12.1. The molecule has 1 aliphatic rings. The summed E-state index contributed by atoms with van der Waals surface area (Å²) < 4.78 is 29.3. The third-order valence-corrected chi connectivity index (χ3v) is 5.10. The fourth-order valence-corrected chi connectivity index (χ4v) is 3.72. The summed E-state index contributed by atoms with van der Waals surface area (Å²) in [6.45, 7) is 1.74. The zero-order chi connectivity index (χ0) is 16.4. The van der Waals surface area contributed by atoms with E-state index in [-0.39, 0.29) is 4.90 Å². The van der Waals surface area contributed by atoms with Crippen molar-refractivity contribution in [2.75, 3.05) is 20.2 Å². The highest BCUT2D eigenvalue weighted by Gasteiger charge is 2.20. The molecule has 1 heterocycles. The zero-order valence-corrected chi connectivity index (χ0v) is 13.8. The second kappa shape index (κ2) is 6.31. The molecule has 0 saturated carbocycles. The van der Waals surface area contributed by atoms with Gasteiger partial charge < -0.3 is 10.1 Å². The van der Waals surface area contributed by atoms with Crippen LogP contribution < -0.4 is 15.2 Å². The van der Waals surface area contributed by atoms with Crippen LogP contribution in [0.2, 0.25) is 0 Å². The fraction of sp³-hybridized carbons (Fsp3) is 0.294. The van der Waals surface area contributed by atoms with Crippen LogP contribution in [0.15, 0.2) is 41.3 Å². The van der Waals surface area contributed by atoms with E-state index in [0.717, 1.165) is 42.8 Å². The number of nitrogens with two attached hydrogens (primary N) is 1. The van der Waals surface area contributed by atoms with E-state index >= 15 is 0 Å². The van der Waals surface area contributed by atoms with Gasteiger partial charge in [0, 0.05) is 5.56 Å². The first kappa shape index (κ1) is 16.0. The van der Waals surface area contributed by atoms with Gasteiger partial charge in [0.25, 0.3) is 0 Å². The maximum absolute atomic E-state index is 12.1. The standard InChI is InChI=1S/C17H20N2O3S/c1-22-15-4-2-12(3-5-15)16-10-13-6-8-19-9-7-14(13)11-17(16)23(18,20)21/h2-5,10-11,19H,6-9H2,1H3,(H2,18,20,21). The first-order chi connectivity index (χ1) is 11.0. The molecular formula is C17H20N2O3S. The number of primary sulfonamides is 1. The minimum atomic E-state index is -3.79. The molecule has 0 atom stereocenters. The van der Waals surface area contributed by atoms with Crippen LogP contribution in [-0.4, -0.2) is 28.6 Å². The normalized spacial score (nSPS) is 14.9. The van der Waals surface area contributed by atoms with E-state index in [9.17, 15) is 8.42 Å². The van der Waals surface area contributed by atoms with Crippen molar-refractivity contribution in [3.05, 3.63) is 47.5 Å². The molecule has 0 unspecified atom stereocenters. The van der Waals surface area contributed by atoms with Gasteiger partial charge >= 0.3 is 0 Å². The molecular weight excluding hydrogens is 312 g/mol. The molecule has 1 aliphatic heterocycles. The third-order valence-electron chi connectivity index (χ3n) is 4.15. The van der Waals surface area contributed by atoms with Gasteiger partial charge in [-0.3, -0.25) is 0 Å². The van der Waals surface area contributed by atoms with Crippen molar-refractivity contribution >= 4 is 10.0 Å². The summed E-state index contributed by atoms with van der Waals surface area (Å²) in [7, 11) is -2.20. The molecule has 0 radical (unpaired) electrons. The van der Waals surface area contributed by atoms with Crippen molar-refractivity contribution in [3.8, 4) is 16.9 Å². The summed E-state index contributed by atoms with van der Waals surface area (Å²) >= 11 is 0. The smallest absolute Gasteiger partial charge is 0.238 e. The molecule has 5 nitrogen and oxygen atoms in total. The third kappa shape index (κ3) is 3.39. The number of hydrogen-bond donors (Lipinski definition) is 2. The molecule has 3 N–H and O–H groups in total. The topological polar surface area (TPSA) is 81.4 Å². The van der Waals surface area contributed by atoms with E-state index in [1.54, 1.807) is 13.2 Å². The molecule has 0 aliphatic carbocycles. The number of nitrogens with one attached hydrogen (secondary N) is 1. The number of rotatable bonds is 3. The van der Waals surface area contributed by atoms with Gasteiger partial charge in [-0.15, -0.1) is 0 Å². The molecule has 2 aromatic rings. The molecule has 122 valence electrons. The maximum Gasteiger partial charge on any atom is 0.238 e. The Morgan fingerprint density at radius 3 is 2.22 bits per heavy atom.